The van der Waals surface area contributed by atoms with Gasteiger partial charge in [-0.05, 0) is 35.9 Å². The van der Waals surface area contributed by atoms with E-state index in [-0.39, 0.29) is 17.9 Å². The number of piperazine rings is 1. The molecule has 0 aliphatic carbocycles. The number of unbranched alkanes of at least 4 members (excludes halogenated alkanes) is 1. The van der Waals surface area contributed by atoms with Gasteiger partial charge >= 0.3 is 0 Å². The second-order valence-corrected chi connectivity index (χ2v) is 9.17. The lowest BCUT2D eigenvalue weighted by Crippen LogP contribution is -2.52. The van der Waals surface area contributed by atoms with Gasteiger partial charge in [0.2, 0.25) is 0 Å². The average Bonchev–Trinajstić information content (AvgIpc) is 2.89. The molecular weight excluding hydrogens is 432 g/mol. The van der Waals surface area contributed by atoms with Crippen LogP contribution < -0.4 is 0 Å². The van der Waals surface area contributed by atoms with Gasteiger partial charge < -0.3 is 9.80 Å². The van der Waals surface area contributed by atoms with Gasteiger partial charge in [-0.25, -0.2) is 4.98 Å². The molecule has 2 heterocycles. The Morgan fingerprint density at radius 2 is 1.88 bits per heavy atom. The summed E-state index contributed by atoms with van der Waals surface area (Å²) in [5, 5.41) is 0. The number of benzene rings is 2. The van der Waals surface area contributed by atoms with Gasteiger partial charge in [-0.3, -0.25) is 14.6 Å². The van der Waals surface area contributed by atoms with Crippen molar-refractivity contribution in [3.63, 3.8) is 0 Å². The van der Waals surface area contributed by atoms with E-state index in [0.29, 0.717) is 30.9 Å². The molecule has 0 bridgehead atoms. The normalized spacial score (nSPS) is 16.0. The summed E-state index contributed by atoms with van der Waals surface area (Å²) in [4.78, 5) is 39.6. The van der Waals surface area contributed by atoms with E-state index in [4.69, 9.17) is 0 Å². The molecule has 3 aromatic rings. The van der Waals surface area contributed by atoms with Crippen molar-refractivity contribution in [1.82, 2.24) is 19.8 Å². The van der Waals surface area contributed by atoms with Crippen LogP contribution in [0.1, 0.15) is 52.2 Å². The molecule has 6 nitrogen and oxygen atoms in total. The maximum atomic E-state index is 13.6. The predicted octanol–water partition coefficient (Wildman–Crippen LogP) is 4.71. The predicted molar refractivity (Wildman–Crippen MR) is 130 cm³/mol. The SMILES string of the molecule is CCCCSc1cccc(C(=O)N2CCN(C(=O)c3cnccn3)CC2c2ccccc2)c1. The Hall–Kier alpha value is -3.19. The van der Waals surface area contributed by atoms with Gasteiger partial charge in [0.05, 0.1) is 12.2 Å². The van der Waals surface area contributed by atoms with E-state index in [2.05, 4.69) is 23.0 Å². The van der Waals surface area contributed by atoms with Crippen LogP contribution in [0, 0.1) is 0 Å². The fourth-order valence-corrected chi connectivity index (χ4v) is 5.02. The number of amides is 2. The summed E-state index contributed by atoms with van der Waals surface area (Å²) in [6.07, 6.45) is 6.86. The average molecular weight is 461 g/mol. The van der Waals surface area contributed by atoms with Gasteiger partial charge in [0.25, 0.3) is 11.8 Å². The van der Waals surface area contributed by atoms with E-state index in [1.165, 1.54) is 12.4 Å². The van der Waals surface area contributed by atoms with Gasteiger partial charge in [0.1, 0.15) is 5.69 Å². The number of hydrogen-bond donors (Lipinski definition) is 0. The van der Waals surface area contributed by atoms with Crippen LogP contribution in [0.3, 0.4) is 0 Å². The molecular formula is C26H28N4O2S. The van der Waals surface area contributed by atoms with Crippen LogP contribution in [-0.4, -0.2) is 57.0 Å². The molecule has 4 rings (SSSR count). The lowest BCUT2D eigenvalue weighted by atomic mass is 10.0. The molecule has 1 aromatic heterocycles. The minimum atomic E-state index is -0.232. The number of nitrogens with zero attached hydrogens (tertiary/aromatic N) is 4. The summed E-state index contributed by atoms with van der Waals surface area (Å²) in [5.41, 5.74) is 2.02. The Morgan fingerprint density at radius 3 is 2.64 bits per heavy atom. The fourth-order valence-electron chi connectivity index (χ4n) is 3.96. The van der Waals surface area contributed by atoms with E-state index in [0.717, 1.165) is 29.1 Å². The van der Waals surface area contributed by atoms with E-state index < -0.39 is 0 Å². The number of carbonyl (C=O) groups excluding carboxylic acids is 2. The molecule has 1 fully saturated rings. The third-order valence-corrected chi connectivity index (χ3v) is 6.82. The minimum absolute atomic E-state index is 0.00611. The van der Waals surface area contributed by atoms with E-state index in [1.807, 2.05) is 53.4 Å². The highest BCUT2D eigenvalue weighted by Crippen LogP contribution is 2.29. The van der Waals surface area contributed by atoms with Crippen molar-refractivity contribution in [2.75, 3.05) is 25.4 Å². The van der Waals surface area contributed by atoms with Crippen molar-refractivity contribution in [3.8, 4) is 0 Å². The van der Waals surface area contributed by atoms with Crippen LogP contribution in [0.4, 0.5) is 0 Å². The number of rotatable bonds is 7. The van der Waals surface area contributed by atoms with E-state index >= 15 is 0 Å². The first-order chi connectivity index (χ1) is 16.2. The van der Waals surface area contributed by atoms with Gasteiger partial charge in [-0.1, -0.05) is 49.7 Å². The van der Waals surface area contributed by atoms with Crippen LogP contribution in [-0.2, 0) is 0 Å². The summed E-state index contributed by atoms with van der Waals surface area (Å²) in [6.45, 7) is 3.50. The standard InChI is InChI=1S/C26H28N4O2S/c1-2-3-16-33-22-11-7-10-21(17-22)25(31)30-15-14-29(26(32)23-18-27-12-13-28-23)19-24(30)20-8-5-4-6-9-20/h4-13,17-18,24H,2-3,14-16,19H2,1H3. The first kappa shape index (κ1) is 23.0. The fraction of sp³-hybridized carbons (Fsp3) is 0.308. The lowest BCUT2D eigenvalue weighted by Gasteiger charge is -2.41. The first-order valence-electron chi connectivity index (χ1n) is 11.3. The summed E-state index contributed by atoms with van der Waals surface area (Å²) >= 11 is 1.79. The van der Waals surface area contributed by atoms with Crippen LogP contribution in [0.15, 0.2) is 78.1 Å². The number of thioether (sulfide) groups is 1. The van der Waals surface area contributed by atoms with Crippen LogP contribution in [0.2, 0.25) is 0 Å². The number of aromatic nitrogens is 2. The van der Waals surface area contributed by atoms with Crippen molar-refractivity contribution in [2.45, 2.75) is 30.7 Å². The molecule has 1 atom stereocenters. The molecule has 0 N–H and O–H groups in total. The summed E-state index contributed by atoms with van der Waals surface area (Å²) in [6, 6.07) is 17.6. The molecule has 1 aliphatic rings. The second-order valence-electron chi connectivity index (χ2n) is 8.00. The van der Waals surface area contributed by atoms with Gasteiger partial charge in [-0.15, -0.1) is 11.8 Å². The highest BCUT2D eigenvalue weighted by molar-refractivity contribution is 7.99. The smallest absolute Gasteiger partial charge is 0.274 e. The molecule has 2 aromatic carbocycles. The largest absolute Gasteiger partial charge is 0.333 e. The quantitative estimate of drug-likeness (QED) is 0.377. The summed E-state index contributed by atoms with van der Waals surface area (Å²) in [5.74, 6) is 0.878. The highest BCUT2D eigenvalue weighted by Gasteiger charge is 2.34. The Balaban J connectivity index is 1.56. The third-order valence-electron chi connectivity index (χ3n) is 5.74. The second kappa shape index (κ2) is 11.1. The van der Waals surface area contributed by atoms with Crippen LogP contribution >= 0.6 is 11.8 Å². The van der Waals surface area contributed by atoms with Gasteiger partial charge in [-0.2, -0.15) is 0 Å². The van der Waals surface area contributed by atoms with Gasteiger partial charge in [0, 0.05) is 42.5 Å². The Labute approximate surface area is 199 Å². The molecule has 33 heavy (non-hydrogen) atoms. The number of carbonyl (C=O) groups is 2. The Kier molecular flexibility index (Phi) is 7.73. The molecule has 2 amide bonds. The lowest BCUT2D eigenvalue weighted by molar-refractivity contribution is 0.0380. The van der Waals surface area contributed by atoms with E-state index in [1.54, 1.807) is 22.9 Å². The van der Waals surface area contributed by atoms with Crippen molar-refractivity contribution in [3.05, 3.63) is 90.0 Å². The van der Waals surface area contributed by atoms with Crippen molar-refractivity contribution < 1.29 is 9.59 Å². The Morgan fingerprint density at radius 1 is 1.03 bits per heavy atom. The zero-order valence-corrected chi connectivity index (χ0v) is 19.6. The van der Waals surface area contributed by atoms with Crippen molar-refractivity contribution >= 4 is 23.6 Å². The van der Waals surface area contributed by atoms with Crippen molar-refractivity contribution in [2.24, 2.45) is 0 Å². The first-order valence-corrected chi connectivity index (χ1v) is 12.3. The number of hydrogen-bond acceptors (Lipinski definition) is 5. The van der Waals surface area contributed by atoms with E-state index in [9.17, 15) is 9.59 Å². The zero-order chi connectivity index (χ0) is 23.0. The molecule has 1 saturated heterocycles. The summed E-state index contributed by atoms with van der Waals surface area (Å²) in [7, 11) is 0. The van der Waals surface area contributed by atoms with Crippen molar-refractivity contribution in [1.29, 1.82) is 0 Å². The third kappa shape index (κ3) is 5.60. The van der Waals surface area contributed by atoms with Gasteiger partial charge in [0.15, 0.2) is 0 Å². The highest BCUT2D eigenvalue weighted by atomic mass is 32.2. The molecule has 7 heteroatoms. The molecule has 1 unspecified atom stereocenters. The molecule has 0 radical (unpaired) electrons. The zero-order valence-electron chi connectivity index (χ0n) is 18.8. The van der Waals surface area contributed by atoms with Crippen LogP contribution in [0.5, 0.6) is 0 Å². The molecule has 170 valence electrons. The monoisotopic (exact) mass is 460 g/mol. The molecule has 0 saturated carbocycles. The molecule has 1 aliphatic heterocycles. The van der Waals surface area contributed by atoms with Crippen LogP contribution in [0.25, 0.3) is 0 Å². The topological polar surface area (TPSA) is 66.4 Å². The summed E-state index contributed by atoms with van der Waals surface area (Å²) < 4.78 is 0. The minimum Gasteiger partial charge on any atom is -0.333 e. The molecule has 0 spiro atoms. The maximum Gasteiger partial charge on any atom is 0.274 e. The Bertz CT molecular complexity index is 1080. The maximum absolute atomic E-state index is 13.6.